The molecule has 0 saturated heterocycles. The first-order chi connectivity index (χ1) is 11.3. The van der Waals surface area contributed by atoms with Crippen molar-refractivity contribution in [1.82, 2.24) is 14.8 Å². The Labute approximate surface area is 137 Å². The van der Waals surface area contributed by atoms with Gasteiger partial charge in [-0.15, -0.1) is 11.8 Å². The number of nitrogens with zero attached hydrogens (tertiary/aromatic N) is 3. The number of para-hydroxylation sites is 2. The first kappa shape index (κ1) is 14.0. The van der Waals surface area contributed by atoms with Crippen LogP contribution in [0.15, 0.2) is 66.1 Å². The SMILES string of the molecule is O=C(Nc1ccccc1-n1cncn1)C1Cc2ccccc2S1. The zero-order valence-corrected chi connectivity index (χ0v) is 13.0. The maximum Gasteiger partial charge on any atom is 0.238 e. The summed E-state index contributed by atoms with van der Waals surface area (Å²) in [6.07, 6.45) is 3.85. The van der Waals surface area contributed by atoms with E-state index in [-0.39, 0.29) is 11.2 Å². The number of rotatable bonds is 3. The molecule has 0 aliphatic carbocycles. The van der Waals surface area contributed by atoms with Gasteiger partial charge in [0, 0.05) is 4.90 Å². The van der Waals surface area contributed by atoms with E-state index in [1.807, 2.05) is 36.4 Å². The summed E-state index contributed by atoms with van der Waals surface area (Å²) in [7, 11) is 0. The maximum atomic E-state index is 12.6. The largest absolute Gasteiger partial charge is 0.323 e. The average Bonchev–Trinajstić information content (AvgIpc) is 3.25. The van der Waals surface area contributed by atoms with Gasteiger partial charge in [0.05, 0.1) is 16.6 Å². The Morgan fingerprint density at radius 1 is 1.17 bits per heavy atom. The molecule has 2 heterocycles. The van der Waals surface area contributed by atoms with E-state index in [1.165, 1.54) is 16.8 Å². The lowest BCUT2D eigenvalue weighted by Gasteiger charge is -2.13. The van der Waals surface area contributed by atoms with Crippen LogP contribution in [0.1, 0.15) is 5.56 Å². The molecule has 0 fully saturated rings. The van der Waals surface area contributed by atoms with Gasteiger partial charge in [-0.05, 0) is 30.2 Å². The monoisotopic (exact) mass is 322 g/mol. The standard InChI is InChI=1S/C17H14N4OS/c22-17(16-9-12-5-1-4-8-15(12)23-16)20-13-6-2-3-7-14(13)21-11-18-10-19-21/h1-8,10-11,16H,9H2,(H,20,22). The fraction of sp³-hybridized carbons (Fsp3) is 0.118. The zero-order valence-electron chi connectivity index (χ0n) is 12.2. The third-order valence-corrected chi connectivity index (χ3v) is 5.08. The van der Waals surface area contributed by atoms with Gasteiger partial charge >= 0.3 is 0 Å². The van der Waals surface area contributed by atoms with E-state index in [1.54, 1.807) is 22.8 Å². The number of nitrogens with one attached hydrogen (secondary N) is 1. The van der Waals surface area contributed by atoms with Crippen molar-refractivity contribution in [3.8, 4) is 5.69 Å². The number of carbonyl (C=O) groups is 1. The molecule has 4 rings (SSSR count). The average molecular weight is 322 g/mol. The molecule has 1 aromatic heterocycles. The number of hydrogen-bond acceptors (Lipinski definition) is 4. The second-order valence-electron chi connectivity index (χ2n) is 5.26. The normalized spacial score (nSPS) is 16.1. The zero-order chi connectivity index (χ0) is 15.6. The fourth-order valence-electron chi connectivity index (χ4n) is 2.65. The van der Waals surface area contributed by atoms with E-state index >= 15 is 0 Å². The van der Waals surface area contributed by atoms with Gasteiger partial charge < -0.3 is 5.32 Å². The molecular formula is C17H14N4OS. The van der Waals surface area contributed by atoms with Gasteiger partial charge in [-0.2, -0.15) is 5.10 Å². The van der Waals surface area contributed by atoms with Crippen LogP contribution in [-0.4, -0.2) is 25.9 Å². The maximum absolute atomic E-state index is 12.6. The van der Waals surface area contributed by atoms with Gasteiger partial charge in [0.1, 0.15) is 12.7 Å². The molecule has 3 aromatic rings. The Bertz CT molecular complexity index is 822. The molecule has 1 aliphatic heterocycles. The van der Waals surface area contributed by atoms with E-state index in [0.29, 0.717) is 0 Å². The Kier molecular flexibility index (Phi) is 3.59. The number of fused-ring (bicyclic) bond motifs is 1. The molecule has 23 heavy (non-hydrogen) atoms. The smallest absolute Gasteiger partial charge is 0.238 e. The highest BCUT2D eigenvalue weighted by atomic mass is 32.2. The van der Waals surface area contributed by atoms with Crippen molar-refractivity contribution in [2.24, 2.45) is 0 Å². The molecule has 1 unspecified atom stereocenters. The number of anilines is 1. The van der Waals surface area contributed by atoms with Crippen molar-refractivity contribution in [1.29, 1.82) is 0 Å². The second-order valence-corrected chi connectivity index (χ2v) is 6.51. The molecule has 1 amide bonds. The molecule has 0 bridgehead atoms. The Balaban J connectivity index is 1.55. The third kappa shape index (κ3) is 2.73. The summed E-state index contributed by atoms with van der Waals surface area (Å²) in [5.74, 6) is 0.0127. The van der Waals surface area contributed by atoms with Gasteiger partial charge in [0.2, 0.25) is 5.91 Å². The molecule has 5 nitrogen and oxygen atoms in total. The minimum absolute atomic E-state index is 0.0127. The van der Waals surface area contributed by atoms with Crippen molar-refractivity contribution in [3.63, 3.8) is 0 Å². The highest BCUT2D eigenvalue weighted by Gasteiger charge is 2.28. The predicted octanol–water partition coefficient (Wildman–Crippen LogP) is 2.92. The Morgan fingerprint density at radius 2 is 2.00 bits per heavy atom. The number of carbonyl (C=O) groups excluding carboxylic acids is 1. The van der Waals surface area contributed by atoms with Crippen LogP contribution in [0.3, 0.4) is 0 Å². The summed E-state index contributed by atoms with van der Waals surface area (Å²) in [5.41, 5.74) is 2.78. The molecule has 0 spiro atoms. The summed E-state index contributed by atoms with van der Waals surface area (Å²) in [6, 6.07) is 15.8. The van der Waals surface area contributed by atoms with E-state index in [9.17, 15) is 4.79 Å². The van der Waals surface area contributed by atoms with Crippen LogP contribution in [0.4, 0.5) is 5.69 Å². The third-order valence-electron chi connectivity index (χ3n) is 3.77. The summed E-state index contributed by atoms with van der Waals surface area (Å²) in [5, 5.41) is 7.06. The molecule has 6 heteroatoms. The first-order valence-corrected chi connectivity index (χ1v) is 8.19. The van der Waals surface area contributed by atoms with Crippen molar-refractivity contribution >= 4 is 23.4 Å². The molecule has 1 atom stereocenters. The molecule has 0 saturated carbocycles. The molecule has 114 valence electrons. The molecule has 2 aromatic carbocycles. The fourth-order valence-corrected chi connectivity index (χ4v) is 3.85. The molecule has 1 N–H and O–H groups in total. The van der Waals surface area contributed by atoms with Crippen LogP contribution in [0.2, 0.25) is 0 Å². The Morgan fingerprint density at radius 3 is 2.83 bits per heavy atom. The van der Waals surface area contributed by atoms with Crippen LogP contribution in [-0.2, 0) is 11.2 Å². The highest BCUT2D eigenvalue weighted by molar-refractivity contribution is 8.01. The number of amides is 1. The van der Waals surface area contributed by atoms with E-state index in [4.69, 9.17) is 0 Å². The number of aromatic nitrogens is 3. The van der Waals surface area contributed by atoms with Crippen LogP contribution in [0, 0.1) is 0 Å². The summed E-state index contributed by atoms with van der Waals surface area (Å²) < 4.78 is 1.64. The van der Waals surface area contributed by atoms with Gasteiger partial charge in [-0.1, -0.05) is 30.3 Å². The number of benzene rings is 2. The summed E-state index contributed by atoms with van der Waals surface area (Å²) in [4.78, 5) is 17.8. The lowest BCUT2D eigenvalue weighted by atomic mass is 10.1. The summed E-state index contributed by atoms with van der Waals surface area (Å²) >= 11 is 1.62. The lowest BCUT2D eigenvalue weighted by molar-refractivity contribution is -0.115. The Hall–Kier alpha value is -2.60. The number of thioether (sulfide) groups is 1. The van der Waals surface area contributed by atoms with E-state index in [2.05, 4.69) is 27.5 Å². The van der Waals surface area contributed by atoms with Gasteiger partial charge in [-0.3, -0.25) is 4.79 Å². The minimum atomic E-state index is -0.101. The molecule has 1 aliphatic rings. The molecular weight excluding hydrogens is 308 g/mol. The van der Waals surface area contributed by atoms with Crippen LogP contribution < -0.4 is 5.32 Å². The first-order valence-electron chi connectivity index (χ1n) is 7.31. The molecule has 0 radical (unpaired) electrons. The van der Waals surface area contributed by atoms with Crippen molar-refractivity contribution in [3.05, 3.63) is 66.7 Å². The summed E-state index contributed by atoms with van der Waals surface area (Å²) in [6.45, 7) is 0. The van der Waals surface area contributed by atoms with Crippen LogP contribution in [0.5, 0.6) is 0 Å². The van der Waals surface area contributed by atoms with E-state index in [0.717, 1.165) is 17.8 Å². The van der Waals surface area contributed by atoms with Gasteiger partial charge in [-0.25, -0.2) is 9.67 Å². The van der Waals surface area contributed by atoms with Gasteiger partial charge in [0.15, 0.2) is 0 Å². The van der Waals surface area contributed by atoms with Crippen molar-refractivity contribution in [2.45, 2.75) is 16.6 Å². The van der Waals surface area contributed by atoms with Crippen LogP contribution >= 0.6 is 11.8 Å². The van der Waals surface area contributed by atoms with Crippen molar-refractivity contribution < 1.29 is 4.79 Å². The van der Waals surface area contributed by atoms with Crippen molar-refractivity contribution in [2.75, 3.05) is 5.32 Å². The quantitative estimate of drug-likeness (QED) is 0.805. The minimum Gasteiger partial charge on any atom is -0.323 e. The number of hydrogen-bond donors (Lipinski definition) is 1. The second kappa shape index (κ2) is 5.89. The van der Waals surface area contributed by atoms with Gasteiger partial charge in [0.25, 0.3) is 0 Å². The van der Waals surface area contributed by atoms with Crippen LogP contribution in [0.25, 0.3) is 5.69 Å². The van der Waals surface area contributed by atoms with E-state index < -0.39 is 0 Å². The topological polar surface area (TPSA) is 59.8 Å². The predicted molar refractivity (Wildman–Crippen MR) is 89.8 cm³/mol. The highest BCUT2D eigenvalue weighted by Crippen LogP contribution is 2.37. The lowest BCUT2D eigenvalue weighted by Crippen LogP contribution is -2.25.